The van der Waals surface area contributed by atoms with Gasteiger partial charge in [0.1, 0.15) is 0 Å². The maximum Gasteiger partial charge on any atom is 0.0645 e. The molecular weight excluding hydrogens is 200 g/mol. The Morgan fingerprint density at radius 3 is 2.94 bits per heavy atom. The summed E-state index contributed by atoms with van der Waals surface area (Å²) >= 11 is 0. The van der Waals surface area contributed by atoms with E-state index < -0.39 is 0 Å². The molecule has 1 N–H and O–H groups in total. The number of rotatable bonds is 9. The molecule has 1 aromatic rings. The molecule has 0 aromatic carbocycles. The zero-order valence-corrected chi connectivity index (χ0v) is 10.5. The van der Waals surface area contributed by atoms with Gasteiger partial charge in [0.25, 0.3) is 0 Å². The molecule has 1 rings (SSSR count). The van der Waals surface area contributed by atoms with Crippen molar-refractivity contribution in [1.29, 1.82) is 0 Å². The fraction of sp³-hybridized carbons (Fsp3) is 0.692. The van der Waals surface area contributed by atoms with E-state index in [2.05, 4.69) is 42.1 Å². The van der Waals surface area contributed by atoms with Crippen molar-refractivity contribution >= 4 is 0 Å². The van der Waals surface area contributed by atoms with Crippen LogP contribution < -0.4 is 5.32 Å². The normalized spacial score (nSPS) is 10.9. The number of aromatic nitrogens is 1. The lowest BCUT2D eigenvalue weighted by atomic mass is 10.4. The van der Waals surface area contributed by atoms with Gasteiger partial charge in [0.2, 0.25) is 0 Å². The number of hydrogen-bond acceptors (Lipinski definition) is 2. The lowest BCUT2D eigenvalue weighted by Gasteiger charge is -2.10. The Morgan fingerprint density at radius 1 is 1.31 bits per heavy atom. The molecule has 0 unspecified atom stereocenters. The number of ether oxygens (including phenoxy) is 1. The molecule has 3 nitrogen and oxygen atoms in total. The predicted octanol–water partition coefficient (Wildman–Crippen LogP) is 2.41. The Morgan fingerprint density at radius 2 is 2.19 bits per heavy atom. The maximum absolute atomic E-state index is 5.57. The van der Waals surface area contributed by atoms with E-state index in [1.807, 2.05) is 0 Å². The van der Waals surface area contributed by atoms with Crippen molar-refractivity contribution in [3.05, 3.63) is 24.0 Å². The minimum absolute atomic E-state index is 0.813. The van der Waals surface area contributed by atoms with Crippen LogP contribution in [0.5, 0.6) is 0 Å². The van der Waals surface area contributed by atoms with Crippen LogP contribution in [0.15, 0.2) is 18.3 Å². The summed E-state index contributed by atoms with van der Waals surface area (Å²) < 4.78 is 7.82. The summed E-state index contributed by atoms with van der Waals surface area (Å²) in [5.74, 6) is 0. The Hall–Kier alpha value is -0.800. The first-order chi connectivity index (χ1) is 7.88. The molecule has 16 heavy (non-hydrogen) atoms. The van der Waals surface area contributed by atoms with Crippen molar-refractivity contribution in [2.75, 3.05) is 19.8 Å². The smallest absolute Gasteiger partial charge is 0.0645 e. The first-order valence-electron chi connectivity index (χ1n) is 6.31. The highest BCUT2D eigenvalue weighted by Gasteiger charge is 1.99. The Kier molecular flexibility index (Phi) is 6.93. The monoisotopic (exact) mass is 224 g/mol. The molecule has 0 fully saturated rings. The van der Waals surface area contributed by atoms with E-state index in [9.17, 15) is 0 Å². The summed E-state index contributed by atoms with van der Waals surface area (Å²) in [5.41, 5.74) is 1.33. The van der Waals surface area contributed by atoms with Crippen molar-refractivity contribution < 1.29 is 4.74 Å². The van der Waals surface area contributed by atoms with E-state index >= 15 is 0 Å². The van der Waals surface area contributed by atoms with E-state index in [0.717, 1.165) is 39.3 Å². The van der Waals surface area contributed by atoms with E-state index in [1.54, 1.807) is 0 Å². The van der Waals surface area contributed by atoms with Gasteiger partial charge in [-0.1, -0.05) is 20.3 Å². The van der Waals surface area contributed by atoms with Crippen LogP contribution in [0.25, 0.3) is 0 Å². The minimum Gasteiger partial charge on any atom is -0.380 e. The number of nitrogens with zero attached hydrogens (tertiary/aromatic N) is 1. The molecule has 0 aliphatic heterocycles. The van der Waals surface area contributed by atoms with Gasteiger partial charge in [-0.15, -0.1) is 0 Å². The molecule has 0 aliphatic carbocycles. The second kappa shape index (κ2) is 8.36. The molecule has 0 atom stereocenters. The third kappa shape index (κ3) is 4.81. The van der Waals surface area contributed by atoms with Gasteiger partial charge in [-0.2, -0.15) is 0 Å². The second-order valence-electron chi connectivity index (χ2n) is 3.94. The summed E-state index contributed by atoms with van der Waals surface area (Å²) in [4.78, 5) is 0. The fourth-order valence-electron chi connectivity index (χ4n) is 1.59. The van der Waals surface area contributed by atoms with E-state index in [4.69, 9.17) is 4.74 Å². The molecule has 0 bridgehead atoms. The van der Waals surface area contributed by atoms with Gasteiger partial charge in [-0.05, 0) is 25.1 Å². The van der Waals surface area contributed by atoms with Gasteiger partial charge in [-0.3, -0.25) is 0 Å². The third-order valence-corrected chi connectivity index (χ3v) is 2.60. The van der Waals surface area contributed by atoms with Crippen LogP contribution in [-0.4, -0.2) is 24.3 Å². The summed E-state index contributed by atoms with van der Waals surface area (Å²) in [6.07, 6.45) is 4.49. The van der Waals surface area contributed by atoms with E-state index in [1.165, 1.54) is 12.1 Å². The highest BCUT2D eigenvalue weighted by molar-refractivity contribution is 5.06. The lowest BCUT2D eigenvalue weighted by molar-refractivity contribution is 0.123. The largest absolute Gasteiger partial charge is 0.380 e. The van der Waals surface area contributed by atoms with Crippen molar-refractivity contribution in [2.45, 2.75) is 39.8 Å². The van der Waals surface area contributed by atoms with E-state index in [-0.39, 0.29) is 0 Å². The molecule has 1 heterocycles. The molecule has 0 saturated carbocycles. The zero-order valence-electron chi connectivity index (χ0n) is 10.5. The molecular formula is C13H24N2O. The lowest BCUT2D eigenvalue weighted by Crippen LogP contribution is -2.16. The average molecular weight is 224 g/mol. The summed E-state index contributed by atoms with van der Waals surface area (Å²) in [6, 6.07) is 4.26. The topological polar surface area (TPSA) is 26.2 Å². The summed E-state index contributed by atoms with van der Waals surface area (Å²) in [6.45, 7) is 8.92. The first kappa shape index (κ1) is 13.3. The molecule has 0 spiro atoms. The Balaban J connectivity index is 2.22. The van der Waals surface area contributed by atoms with Gasteiger partial charge < -0.3 is 14.6 Å². The van der Waals surface area contributed by atoms with Crippen LogP contribution in [-0.2, 0) is 17.8 Å². The summed E-state index contributed by atoms with van der Waals surface area (Å²) in [5, 5.41) is 3.34. The standard InChI is InChI=1S/C13H24N2O/c1-3-5-10-16-11-9-15-8-6-7-13(15)12-14-4-2/h6-8,14H,3-5,9-12H2,1-2H3. The summed E-state index contributed by atoms with van der Waals surface area (Å²) in [7, 11) is 0. The minimum atomic E-state index is 0.813. The molecule has 0 saturated heterocycles. The van der Waals surface area contributed by atoms with Crippen molar-refractivity contribution in [3.63, 3.8) is 0 Å². The predicted molar refractivity (Wildman–Crippen MR) is 67.5 cm³/mol. The molecule has 1 aromatic heterocycles. The van der Waals surface area contributed by atoms with Gasteiger partial charge in [-0.25, -0.2) is 0 Å². The third-order valence-electron chi connectivity index (χ3n) is 2.60. The molecule has 3 heteroatoms. The van der Waals surface area contributed by atoms with Gasteiger partial charge in [0, 0.05) is 31.6 Å². The maximum atomic E-state index is 5.57. The molecule has 0 aliphatic rings. The number of hydrogen-bond donors (Lipinski definition) is 1. The molecule has 92 valence electrons. The van der Waals surface area contributed by atoms with Crippen LogP contribution in [0, 0.1) is 0 Å². The number of unbranched alkanes of at least 4 members (excludes halogenated alkanes) is 1. The zero-order chi connectivity index (χ0) is 11.6. The van der Waals surface area contributed by atoms with Crippen LogP contribution >= 0.6 is 0 Å². The molecule has 0 amide bonds. The van der Waals surface area contributed by atoms with E-state index in [0.29, 0.717) is 0 Å². The SMILES string of the molecule is CCCCOCCn1cccc1CNCC. The second-order valence-corrected chi connectivity index (χ2v) is 3.94. The highest BCUT2D eigenvalue weighted by atomic mass is 16.5. The quantitative estimate of drug-likeness (QED) is 0.652. The number of nitrogens with one attached hydrogen (secondary N) is 1. The van der Waals surface area contributed by atoms with Crippen molar-refractivity contribution in [2.24, 2.45) is 0 Å². The van der Waals surface area contributed by atoms with Gasteiger partial charge >= 0.3 is 0 Å². The van der Waals surface area contributed by atoms with Gasteiger partial charge in [0.05, 0.1) is 6.61 Å². The highest BCUT2D eigenvalue weighted by Crippen LogP contribution is 2.02. The first-order valence-corrected chi connectivity index (χ1v) is 6.31. The fourth-order valence-corrected chi connectivity index (χ4v) is 1.59. The molecule has 0 radical (unpaired) electrons. The van der Waals surface area contributed by atoms with Crippen LogP contribution in [0.3, 0.4) is 0 Å². The van der Waals surface area contributed by atoms with Crippen LogP contribution in [0.2, 0.25) is 0 Å². The Bertz CT molecular complexity index is 271. The van der Waals surface area contributed by atoms with Crippen molar-refractivity contribution in [1.82, 2.24) is 9.88 Å². The van der Waals surface area contributed by atoms with Crippen LogP contribution in [0.1, 0.15) is 32.4 Å². The van der Waals surface area contributed by atoms with Gasteiger partial charge in [0.15, 0.2) is 0 Å². The van der Waals surface area contributed by atoms with Crippen molar-refractivity contribution in [3.8, 4) is 0 Å². The average Bonchev–Trinajstić information content (AvgIpc) is 2.74. The Labute approximate surface area is 98.8 Å². The van der Waals surface area contributed by atoms with Crippen LogP contribution in [0.4, 0.5) is 0 Å².